The molecule has 0 amide bonds. The first kappa shape index (κ1) is 13.6. The van der Waals surface area contributed by atoms with E-state index >= 15 is 0 Å². The maximum Gasteiger partial charge on any atom is 0.0963 e. The maximum absolute atomic E-state index is 11.2. The molecule has 1 saturated heterocycles. The standard InChI is InChI=1S/C17H22N2O/c1-19-10-4-8-17(20,13-19)16(12-18)9-7-14-5-2-3-6-15(14)11-16/h2-3,5-6,20H,4,7-11,13H2,1H3. The van der Waals surface area contributed by atoms with E-state index in [2.05, 4.69) is 29.2 Å². The molecule has 0 bridgehead atoms. The van der Waals surface area contributed by atoms with Crippen LogP contribution in [-0.4, -0.2) is 35.7 Å². The first-order valence-electron chi connectivity index (χ1n) is 7.48. The van der Waals surface area contributed by atoms with Gasteiger partial charge in [-0.05, 0) is 56.8 Å². The minimum atomic E-state index is -0.873. The van der Waals surface area contributed by atoms with Crippen LogP contribution in [0.25, 0.3) is 0 Å². The quantitative estimate of drug-likeness (QED) is 0.850. The van der Waals surface area contributed by atoms with Crippen molar-refractivity contribution in [3.05, 3.63) is 35.4 Å². The van der Waals surface area contributed by atoms with Crippen LogP contribution in [0.2, 0.25) is 0 Å². The molecule has 2 aliphatic rings. The molecule has 0 spiro atoms. The zero-order chi connectivity index (χ0) is 14.2. The lowest BCUT2D eigenvalue weighted by Gasteiger charge is -2.49. The van der Waals surface area contributed by atoms with E-state index in [0.29, 0.717) is 13.0 Å². The van der Waals surface area contributed by atoms with Crippen LogP contribution in [0.1, 0.15) is 30.4 Å². The molecule has 3 heteroatoms. The number of nitrogens with zero attached hydrogens (tertiary/aromatic N) is 2. The van der Waals surface area contributed by atoms with Crippen molar-refractivity contribution in [1.29, 1.82) is 5.26 Å². The molecule has 3 nitrogen and oxygen atoms in total. The van der Waals surface area contributed by atoms with Crippen LogP contribution in [-0.2, 0) is 12.8 Å². The summed E-state index contributed by atoms with van der Waals surface area (Å²) in [5.41, 5.74) is 1.08. The highest BCUT2D eigenvalue weighted by atomic mass is 16.3. The van der Waals surface area contributed by atoms with Crippen LogP contribution in [0.15, 0.2) is 24.3 Å². The van der Waals surface area contributed by atoms with Gasteiger partial charge in [-0.3, -0.25) is 0 Å². The summed E-state index contributed by atoms with van der Waals surface area (Å²) in [5.74, 6) is 0. The fourth-order valence-corrected chi connectivity index (χ4v) is 3.97. The van der Waals surface area contributed by atoms with Gasteiger partial charge in [0, 0.05) is 6.54 Å². The minimum Gasteiger partial charge on any atom is -0.387 e. The second-order valence-corrected chi connectivity index (χ2v) is 6.51. The predicted molar refractivity (Wildman–Crippen MR) is 78.2 cm³/mol. The van der Waals surface area contributed by atoms with Gasteiger partial charge in [-0.15, -0.1) is 0 Å². The molecule has 0 aromatic heterocycles. The highest BCUT2D eigenvalue weighted by Crippen LogP contribution is 2.46. The largest absolute Gasteiger partial charge is 0.387 e. The summed E-state index contributed by atoms with van der Waals surface area (Å²) in [5, 5.41) is 21.0. The average molecular weight is 270 g/mol. The second kappa shape index (κ2) is 4.87. The monoisotopic (exact) mass is 270 g/mol. The van der Waals surface area contributed by atoms with E-state index in [-0.39, 0.29) is 0 Å². The summed E-state index contributed by atoms with van der Waals surface area (Å²) in [6, 6.07) is 10.9. The molecule has 2 unspecified atom stereocenters. The van der Waals surface area contributed by atoms with Crippen LogP contribution in [0.3, 0.4) is 0 Å². The Labute approximate surface area is 120 Å². The van der Waals surface area contributed by atoms with E-state index in [0.717, 1.165) is 32.2 Å². The van der Waals surface area contributed by atoms with Gasteiger partial charge in [0.05, 0.1) is 17.1 Å². The molecule has 1 N–H and O–H groups in total. The molecule has 3 rings (SSSR count). The van der Waals surface area contributed by atoms with Crippen molar-refractivity contribution < 1.29 is 5.11 Å². The number of hydrogen-bond donors (Lipinski definition) is 1. The Kier molecular flexibility index (Phi) is 3.32. The number of nitriles is 1. The SMILES string of the molecule is CN1CCCC(O)(C2(C#N)CCc3ccccc3C2)C1. The number of β-amino-alcohol motifs (C(OH)–C–C–N with tert-alkyl or cyclic N) is 1. The van der Waals surface area contributed by atoms with Crippen molar-refractivity contribution >= 4 is 0 Å². The molecule has 1 aromatic rings. The first-order valence-corrected chi connectivity index (χ1v) is 7.48. The molecule has 0 saturated carbocycles. The lowest BCUT2D eigenvalue weighted by Crippen LogP contribution is -2.59. The van der Waals surface area contributed by atoms with E-state index in [9.17, 15) is 10.4 Å². The van der Waals surface area contributed by atoms with Crippen molar-refractivity contribution in [2.75, 3.05) is 20.1 Å². The molecule has 0 radical (unpaired) electrons. The predicted octanol–water partition coefficient (Wildman–Crippen LogP) is 2.14. The number of likely N-dealkylation sites (tertiary alicyclic amines) is 1. The third kappa shape index (κ3) is 2.04. The van der Waals surface area contributed by atoms with Crippen LogP contribution in [0.4, 0.5) is 0 Å². The lowest BCUT2D eigenvalue weighted by atomic mass is 9.60. The molecule has 1 fully saturated rings. The van der Waals surface area contributed by atoms with Gasteiger partial charge in [-0.2, -0.15) is 5.26 Å². The molecule has 20 heavy (non-hydrogen) atoms. The highest BCUT2D eigenvalue weighted by molar-refractivity contribution is 5.35. The van der Waals surface area contributed by atoms with Crippen molar-refractivity contribution in [2.24, 2.45) is 5.41 Å². The van der Waals surface area contributed by atoms with Crippen LogP contribution < -0.4 is 0 Å². The third-order valence-electron chi connectivity index (χ3n) is 5.20. The molecule has 1 aliphatic carbocycles. The van der Waals surface area contributed by atoms with Crippen molar-refractivity contribution in [3.63, 3.8) is 0 Å². The summed E-state index contributed by atoms with van der Waals surface area (Å²) in [4.78, 5) is 2.16. The van der Waals surface area contributed by atoms with Gasteiger partial charge in [0.2, 0.25) is 0 Å². The Balaban J connectivity index is 1.96. The van der Waals surface area contributed by atoms with E-state index in [1.165, 1.54) is 11.1 Å². The lowest BCUT2D eigenvalue weighted by molar-refractivity contribution is -0.104. The highest BCUT2D eigenvalue weighted by Gasteiger charge is 2.53. The molecule has 106 valence electrons. The number of aryl methyl sites for hydroxylation is 1. The molecule has 2 atom stereocenters. The van der Waals surface area contributed by atoms with E-state index in [1.807, 2.05) is 13.1 Å². The summed E-state index contributed by atoms with van der Waals surface area (Å²) >= 11 is 0. The summed E-state index contributed by atoms with van der Waals surface area (Å²) in [6.07, 6.45) is 4.07. The van der Waals surface area contributed by atoms with Crippen LogP contribution in [0, 0.1) is 16.7 Å². The molecular weight excluding hydrogens is 248 g/mol. The number of benzene rings is 1. The Hall–Kier alpha value is -1.37. The van der Waals surface area contributed by atoms with E-state index in [1.54, 1.807) is 0 Å². The van der Waals surface area contributed by atoms with Crippen LogP contribution >= 0.6 is 0 Å². The average Bonchev–Trinajstić information content (AvgIpc) is 2.46. The second-order valence-electron chi connectivity index (χ2n) is 6.51. The summed E-state index contributed by atoms with van der Waals surface area (Å²) in [6.45, 7) is 1.63. The fourth-order valence-electron chi connectivity index (χ4n) is 3.97. The number of aliphatic hydroxyl groups is 1. The summed E-state index contributed by atoms with van der Waals surface area (Å²) < 4.78 is 0. The molecule has 1 heterocycles. The van der Waals surface area contributed by atoms with E-state index in [4.69, 9.17) is 0 Å². The van der Waals surface area contributed by atoms with Gasteiger partial charge in [0.1, 0.15) is 0 Å². The van der Waals surface area contributed by atoms with Gasteiger partial charge >= 0.3 is 0 Å². The van der Waals surface area contributed by atoms with Gasteiger partial charge in [-0.1, -0.05) is 24.3 Å². The van der Waals surface area contributed by atoms with Crippen molar-refractivity contribution in [1.82, 2.24) is 4.90 Å². The zero-order valence-corrected chi connectivity index (χ0v) is 12.1. The molecule has 1 aromatic carbocycles. The normalized spacial score (nSPS) is 34.2. The number of likely N-dealkylation sites (N-methyl/N-ethyl adjacent to an activating group) is 1. The van der Waals surface area contributed by atoms with Gasteiger partial charge in [-0.25, -0.2) is 0 Å². The maximum atomic E-state index is 11.2. The topological polar surface area (TPSA) is 47.3 Å². The Bertz CT molecular complexity index is 550. The zero-order valence-electron chi connectivity index (χ0n) is 12.1. The summed E-state index contributed by atoms with van der Waals surface area (Å²) in [7, 11) is 2.03. The number of rotatable bonds is 1. The van der Waals surface area contributed by atoms with Gasteiger partial charge in [0.15, 0.2) is 0 Å². The Morgan fingerprint density at radius 3 is 2.70 bits per heavy atom. The molecule has 1 aliphatic heterocycles. The fraction of sp³-hybridized carbons (Fsp3) is 0.588. The van der Waals surface area contributed by atoms with E-state index < -0.39 is 11.0 Å². The first-order chi connectivity index (χ1) is 9.59. The van der Waals surface area contributed by atoms with Crippen LogP contribution in [0.5, 0.6) is 0 Å². The number of hydrogen-bond acceptors (Lipinski definition) is 3. The van der Waals surface area contributed by atoms with Crippen molar-refractivity contribution in [2.45, 2.75) is 37.7 Å². The third-order valence-corrected chi connectivity index (χ3v) is 5.20. The van der Waals surface area contributed by atoms with Gasteiger partial charge < -0.3 is 10.0 Å². The number of fused-ring (bicyclic) bond motifs is 1. The Morgan fingerprint density at radius 2 is 2.00 bits per heavy atom. The van der Waals surface area contributed by atoms with Gasteiger partial charge in [0.25, 0.3) is 0 Å². The Morgan fingerprint density at radius 1 is 1.25 bits per heavy atom. The van der Waals surface area contributed by atoms with Crippen molar-refractivity contribution in [3.8, 4) is 6.07 Å². The number of piperidine rings is 1. The minimum absolute atomic E-state index is 0.614. The smallest absolute Gasteiger partial charge is 0.0963 e. The molecular formula is C17H22N2O.